The van der Waals surface area contributed by atoms with Gasteiger partial charge in [-0.15, -0.1) is 11.3 Å². The molecule has 7 heteroatoms. The summed E-state index contributed by atoms with van der Waals surface area (Å²) in [6, 6.07) is 22.8. The van der Waals surface area contributed by atoms with Crippen molar-refractivity contribution in [1.82, 2.24) is 15.1 Å². The topological polar surface area (TPSA) is 79.9 Å². The monoisotopic (exact) mass is 414 g/mol. The Morgan fingerprint density at radius 3 is 2.77 bits per heavy atom. The van der Waals surface area contributed by atoms with Gasteiger partial charge in [0.05, 0.1) is 16.1 Å². The van der Waals surface area contributed by atoms with E-state index in [2.05, 4.69) is 10.4 Å². The van der Waals surface area contributed by atoms with Crippen LogP contribution in [-0.2, 0) is 6.54 Å². The number of nitriles is 1. The minimum Gasteiger partial charge on any atom is -0.479 e. The van der Waals surface area contributed by atoms with E-state index >= 15 is 0 Å². The molecule has 0 spiro atoms. The van der Waals surface area contributed by atoms with Crippen LogP contribution in [0.3, 0.4) is 0 Å². The molecule has 0 aliphatic carbocycles. The minimum absolute atomic E-state index is 0.0152. The highest BCUT2D eigenvalue weighted by atomic mass is 32.1. The van der Waals surface area contributed by atoms with E-state index in [9.17, 15) is 4.79 Å². The number of ether oxygens (including phenoxy) is 1. The maximum atomic E-state index is 13.0. The Bertz CT molecular complexity index is 1180. The van der Waals surface area contributed by atoms with Gasteiger partial charge in [0, 0.05) is 12.7 Å². The van der Waals surface area contributed by atoms with E-state index in [1.165, 1.54) is 0 Å². The second-order valence-electron chi connectivity index (χ2n) is 6.43. The van der Waals surface area contributed by atoms with Crippen LogP contribution in [0.4, 0.5) is 0 Å². The molecule has 1 N–H and O–H groups in total. The van der Waals surface area contributed by atoms with Crippen molar-refractivity contribution in [2.75, 3.05) is 6.61 Å². The van der Waals surface area contributed by atoms with Crippen LogP contribution in [0.25, 0.3) is 16.3 Å². The zero-order chi connectivity index (χ0) is 20.8. The number of hydrogen-bond donors (Lipinski definition) is 1. The zero-order valence-corrected chi connectivity index (χ0v) is 16.8. The number of hydrogen-bond acceptors (Lipinski definition) is 5. The summed E-state index contributed by atoms with van der Waals surface area (Å²) in [5.74, 6) is 0.392. The summed E-state index contributed by atoms with van der Waals surface area (Å²) < 4.78 is 7.04. The first-order chi connectivity index (χ1) is 14.7. The lowest BCUT2D eigenvalue weighted by Crippen LogP contribution is -2.23. The molecule has 0 aliphatic rings. The number of para-hydroxylation sites is 1. The maximum Gasteiger partial charge on any atom is 0.255 e. The summed E-state index contributed by atoms with van der Waals surface area (Å²) in [6.07, 6.45) is 1.76. The molecule has 4 aromatic rings. The van der Waals surface area contributed by atoms with Gasteiger partial charge in [-0.05, 0) is 41.3 Å². The Morgan fingerprint density at radius 1 is 1.13 bits per heavy atom. The van der Waals surface area contributed by atoms with Crippen LogP contribution in [0.15, 0.2) is 78.3 Å². The average molecular weight is 414 g/mol. The van der Waals surface area contributed by atoms with Crippen molar-refractivity contribution in [3.8, 4) is 28.1 Å². The van der Waals surface area contributed by atoms with Crippen molar-refractivity contribution in [3.05, 3.63) is 89.4 Å². The van der Waals surface area contributed by atoms with Gasteiger partial charge >= 0.3 is 0 Å². The van der Waals surface area contributed by atoms with Gasteiger partial charge < -0.3 is 10.1 Å². The summed E-state index contributed by atoms with van der Waals surface area (Å²) in [6.45, 7) is 0.321. The predicted octanol–water partition coefficient (Wildman–Crippen LogP) is 4.43. The van der Waals surface area contributed by atoms with Crippen molar-refractivity contribution in [1.29, 1.82) is 5.26 Å². The molecule has 30 heavy (non-hydrogen) atoms. The molecular weight excluding hydrogens is 396 g/mol. The normalized spacial score (nSPS) is 10.4. The lowest BCUT2D eigenvalue weighted by Gasteiger charge is -2.07. The van der Waals surface area contributed by atoms with Crippen molar-refractivity contribution in [2.45, 2.75) is 6.54 Å². The van der Waals surface area contributed by atoms with E-state index in [0.29, 0.717) is 23.6 Å². The number of thiophene rings is 1. The molecule has 2 aromatic heterocycles. The standard InChI is InChI=1S/C23H18N4O2S/c24-11-12-29-19-9-4-6-17(14-19)15-25-23(28)20-16-27(18-7-2-1-3-8-18)26-22(20)21-10-5-13-30-21/h1-10,13-14,16H,12,15H2,(H,25,28). The van der Waals surface area contributed by atoms with E-state index in [-0.39, 0.29) is 12.5 Å². The third-order valence-electron chi connectivity index (χ3n) is 4.39. The van der Waals surface area contributed by atoms with Crippen LogP contribution < -0.4 is 10.1 Å². The van der Waals surface area contributed by atoms with Gasteiger partial charge in [-0.1, -0.05) is 36.4 Å². The Kier molecular flexibility index (Phi) is 5.88. The molecule has 0 fully saturated rings. The third kappa shape index (κ3) is 4.40. The number of aromatic nitrogens is 2. The number of nitrogens with zero attached hydrogens (tertiary/aromatic N) is 3. The summed E-state index contributed by atoms with van der Waals surface area (Å²) >= 11 is 1.54. The average Bonchev–Trinajstić information content (AvgIpc) is 3.47. The van der Waals surface area contributed by atoms with Crippen molar-refractivity contribution >= 4 is 17.2 Å². The fourth-order valence-electron chi connectivity index (χ4n) is 2.99. The molecule has 2 heterocycles. The molecule has 6 nitrogen and oxygen atoms in total. The molecule has 148 valence electrons. The minimum atomic E-state index is -0.205. The first-order valence-electron chi connectivity index (χ1n) is 9.30. The first kappa shape index (κ1) is 19.4. The highest BCUT2D eigenvalue weighted by Gasteiger charge is 2.19. The van der Waals surface area contributed by atoms with Crippen LogP contribution in [0.5, 0.6) is 5.75 Å². The smallest absolute Gasteiger partial charge is 0.255 e. The van der Waals surface area contributed by atoms with Gasteiger partial charge in [0.2, 0.25) is 0 Å². The SMILES string of the molecule is N#CCOc1cccc(CNC(=O)c2cn(-c3ccccc3)nc2-c2cccs2)c1. The molecule has 0 unspecified atom stereocenters. The van der Waals surface area contributed by atoms with Crippen LogP contribution in [0.1, 0.15) is 15.9 Å². The van der Waals surface area contributed by atoms with E-state index in [4.69, 9.17) is 10.00 Å². The van der Waals surface area contributed by atoms with E-state index in [1.807, 2.05) is 72.1 Å². The van der Waals surface area contributed by atoms with Gasteiger partial charge in [-0.3, -0.25) is 4.79 Å². The molecule has 4 rings (SSSR count). The fourth-order valence-corrected chi connectivity index (χ4v) is 3.71. The number of carbonyl (C=O) groups excluding carboxylic acids is 1. The largest absolute Gasteiger partial charge is 0.479 e. The maximum absolute atomic E-state index is 13.0. The van der Waals surface area contributed by atoms with E-state index < -0.39 is 0 Å². The van der Waals surface area contributed by atoms with Crippen molar-refractivity contribution in [2.24, 2.45) is 0 Å². The summed E-state index contributed by atoms with van der Waals surface area (Å²) in [5.41, 5.74) is 2.93. The number of amides is 1. The second kappa shape index (κ2) is 9.07. The summed E-state index contributed by atoms with van der Waals surface area (Å²) in [5, 5.41) is 18.2. The molecule has 2 aromatic carbocycles. The highest BCUT2D eigenvalue weighted by Crippen LogP contribution is 2.28. The molecule has 0 atom stereocenters. The number of rotatable bonds is 7. The Labute approximate surface area is 178 Å². The van der Waals surface area contributed by atoms with Crippen LogP contribution in [-0.4, -0.2) is 22.3 Å². The summed E-state index contributed by atoms with van der Waals surface area (Å²) in [4.78, 5) is 13.9. The second-order valence-corrected chi connectivity index (χ2v) is 7.37. The zero-order valence-electron chi connectivity index (χ0n) is 16.0. The van der Waals surface area contributed by atoms with Gasteiger partial charge in [0.1, 0.15) is 17.5 Å². The first-order valence-corrected chi connectivity index (χ1v) is 10.2. The van der Waals surface area contributed by atoms with E-state index in [0.717, 1.165) is 16.1 Å². The predicted molar refractivity (Wildman–Crippen MR) is 116 cm³/mol. The lowest BCUT2D eigenvalue weighted by atomic mass is 10.2. The van der Waals surface area contributed by atoms with Gasteiger partial charge in [0.15, 0.2) is 6.61 Å². The van der Waals surface area contributed by atoms with Crippen molar-refractivity contribution < 1.29 is 9.53 Å². The lowest BCUT2D eigenvalue weighted by molar-refractivity contribution is 0.0951. The van der Waals surface area contributed by atoms with Crippen molar-refractivity contribution in [3.63, 3.8) is 0 Å². The van der Waals surface area contributed by atoms with Crippen LogP contribution in [0, 0.1) is 11.3 Å². The number of benzene rings is 2. The molecule has 0 saturated heterocycles. The third-order valence-corrected chi connectivity index (χ3v) is 5.27. The summed E-state index contributed by atoms with van der Waals surface area (Å²) in [7, 11) is 0. The highest BCUT2D eigenvalue weighted by molar-refractivity contribution is 7.13. The van der Waals surface area contributed by atoms with Gasteiger partial charge in [-0.25, -0.2) is 4.68 Å². The molecule has 0 radical (unpaired) electrons. The van der Waals surface area contributed by atoms with Crippen LogP contribution >= 0.6 is 11.3 Å². The number of nitrogens with one attached hydrogen (secondary N) is 1. The van der Waals surface area contributed by atoms with Gasteiger partial charge in [0.25, 0.3) is 5.91 Å². The molecule has 1 amide bonds. The quantitative estimate of drug-likeness (QED) is 0.485. The van der Waals surface area contributed by atoms with Crippen LogP contribution in [0.2, 0.25) is 0 Å². The Morgan fingerprint density at radius 2 is 2.00 bits per heavy atom. The fraction of sp³-hybridized carbons (Fsp3) is 0.0870. The molecular formula is C23H18N4O2S. The number of carbonyl (C=O) groups is 1. The Hall–Kier alpha value is -3.89. The molecule has 0 bridgehead atoms. The van der Waals surface area contributed by atoms with Gasteiger partial charge in [-0.2, -0.15) is 10.4 Å². The Balaban J connectivity index is 1.56. The van der Waals surface area contributed by atoms with E-state index in [1.54, 1.807) is 28.3 Å². The molecule has 0 aliphatic heterocycles. The molecule has 0 saturated carbocycles.